The molecule has 0 radical (unpaired) electrons. The first-order valence-electron chi connectivity index (χ1n) is 7.63. The van der Waals surface area contributed by atoms with Gasteiger partial charge in [0.2, 0.25) is 5.13 Å². The van der Waals surface area contributed by atoms with E-state index < -0.39 is 6.10 Å². The molecular formula is C16H19N3O2S2. The van der Waals surface area contributed by atoms with Gasteiger partial charge in [-0.3, -0.25) is 10.1 Å². The van der Waals surface area contributed by atoms with Gasteiger partial charge in [-0.2, -0.15) is 0 Å². The molecule has 1 aromatic carbocycles. The number of carbonyl (C=O) groups is 1. The van der Waals surface area contributed by atoms with Crippen molar-refractivity contribution < 1.29 is 9.53 Å². The minimum atomic E-state index is -0.579. The highest BCUT2D eigenvalue weighted by Gasteiger charge is 2.20. The molecule has 1 aliphatic rings. The number of ether oxygens (including phenoxy) is 1. The summed E-state index contributed by atoms with van der Waals surface area (Å²) in [4.78, 5) is 12.3. The predicted molar refractivity (Wildman–Crippen MR) is 93.5 cm³/mol. The Bertz CT molecular complexity index is 702. The lowest BCUT2D eigenvalue weighted by Crippen LogP contribution is -2.30. The zero-order valence-electron chi connectivity index (χ0n) is 13.2. The third kappa shape index (κ3) is 3.84. The number of carbonyl (C=O) groups excluding carboxylic acids is 1. The molecule has 1 atom stereocenters. The molecule has 23 heavy (non-hydrogen) atoms. The van der Waals surface area contributed by atoms with Gasteiger partial charge in [0.05, 0.1) is 0 Å². The van der Waals surface area contributed by atoms with E-state index in [9.17, 15) is 4.79 Å². The molecule has 0 bridgehead atoms. The van der Waals surface area contributed by atoms with Crippen LogP contribution < -0.4 is 10.1 Å². The Kier molecular flexibility index (Phi) is 5.17. The van der Waals surface area contributed by atoms with Crippen LogP contribution >= 0.6 is 23.1 Å². The Morgan fingerprint density at radius 3 is 2.96 bits per heavy atom. The summed E-state index contributed by atoms with van der Waals surface area (Å²) < 4.78 is 6.74. The SMILES string of the molecule is CSc1nnc(NC(=O)[C@H](C)Oc2cccc3c2CCCC3)s1. The second-order valence-electron chi connectivity index (χ2n) is 5.43. The van der Waals surface area contributed by atoms with E-state index in [4.69, 9.17) is 4.74 Å². The number of aromatic nitrogens is 2. The Balaban J connectivity index is 1.66. The first-order valence-corrected chi connectivity index (χ1v) is 9.67. The van der Waals surface area contributed by atoms with Gasteiger partial charge in [0, 0.05) is 0 Å². The van der Waals surface area contributed by atoms with Gasteiger partial charge in [0.25, 0.3) is 5.91 Å². The maximum Gasteiger partial charge on any atom is 0.266 e. The van der Waals surface area contributed by atoms with Crippen LogP contribution in [0.25, 0.3) is 0 Å². The molecule has 0 unspecified atom stereocenters. The number of thioether (sulfide) groups is 1. The first-order chi connectivity index (χ1) is 11.2. The lowest BCUT2D eigenvalue weighted by molar-refractivity contribution is -0.122. The van der Waals surface area contributed by atoms with Crippen LogP contribution in [0.5, 0.6) is 5.75 Å². The molecule has 3 rings (SSSR count). The van der Waals surface area contributed by atoms with E-state index in [1.807, 2.05) is 18.4 Å². The fourth-order valence-electron chi connectivity index (χ4n) is 2.65. The standard InChI is InChI=1S/C16H19N3O2S2/c1-10(14(20)17-15-18-19-16(22-2)23-15)21-13-9-5-7-11-6-3-4-8-12(11)13/h5,7,9-10H,3-4,6,8H2,1-2H3,(H,17,18,20)/t10-/m0/s1. The molecule has 1 N–H and O–H groups in total. The van der Waals surface area contributed by atoms with Crippen molar-refractivity contribution in [2.45, 2.75) is 43.1 Å². The number of nitrogens with zero attached hydrogens (tertiary/aromatic N) is 2. The molecule has 1 amide bonds. The second-order valence-corrected chi connectivity index (χ2v) is 7.46. The number of benzene rings is 1. The molecular weight excluding hydrogens is 330 g/mol. The molecule has 0 fully saturated rings. The average molecular weight is 349 g/mol. The van der Waals surface area contributed by atoms with E-state index in [-0.39, 0.29) is 5.91 Å². The minimum absolute atomic E-state index is 0.206. The number of aryl methyl sites for hydroxylation is 1. The van der Waals surface area contributed by atoms with Crippen LogP contribution in [0.2, 0.25) is 0 Å². The van der Waals surface area contributed by atoms with E-state index in [0.29, 0.717) is 5.13 Å². The quantitative estimate of drug-likeness (QED) is 0.661. The van der Waals surface area contributed by atoms with Gasteiger partial charge < -0.3 is 4.74 Å². The van der Waals surface area contributed by atoms with E-state index in [2.05, 4.69) is 21.6 Å². The average Bonchev–Trinajstić information content (AvgIpc) is 3.02. The van der Waals surface area contributed by atoms with Crippen molar-refractivity contribution >= 4 is 34.1 Å². The van der Waals surface area contributed by atoms with E-state index >= 15 is 0 Å². The van der Waals surface area contributed by atoms with Crippen LogP contribution in [0.3, 0.4) is 0 Å². The molecule has 7 heteroatoms. The first kappa shape index (κ1) is 16.3. The lowest BCUT2D eigenvalue weighted by atomic mass is 9.91. The largest absolute Gasteiger partial charge is 0.481 e. The molecule has 0 saturated carbocycles. The molecule has 0 spiro atoms. The van der Waals surface area contributed by atoms with Crippen LogP contribution in [-0.2, 0) is 17.6 Å². The summed E-state index contributed by atoms with van der Waals surface area (Å²) in [5, 5.41) is 11.2. The van der Waals surface area contributed by atoms with Gasteiger partial charge in [-0.1, -0.05) is 35.2 Å². The lowest BCUT2D eigenvalue weighted by Gasteiger charge is -2.21. The highest BCUT2D eigenvalue weighted by Crippen LogP contribution is 2.30. The zero-order chi connectivity index (χ0) is 16.2. The van der Waals surface area contributed by atoms with Crippen molar-refractivity contribution in [2.75, 3.05) is 11.6 Å². The number of nitrogens with one attached hydrogen (secondary N) is 1. The Morgan fingerprint density at radius 2 is 2.17 bits per heavy atom. The molecule has 0 aliphatic heterocycles. The van der Waals surface area contributed by atoms with Gasteiger partial charge in [0.1, 0.15) is 5.75 Å². The summed E-state index contributed by atoms with van der Waals surface area (Å²) in [5.41, 5.74) is 2.59. The number of hydrogen-bond donors (Lipinski definition) is 1. The van der Waals surface area contributed by atoms with Crippen molar-refractivity contribution in [1.82, 2.24) is 10.2 Å². The fourth-order valence-corrected chi connectivity index (χ4v) is 3.82. The number of hydrogen-bond acceptors (Lipinski definition) is 6. The topological polar surface area (TPSA) is 64.1 Å². The van der Waals surface area contributed by atoms with Gasteiger partial charge in [0.15, 0.2) is 10.4 Å². The highest BCUT2D eigenvalue weighted by molar-refractivity contribution is 8.00. The number of rotatable bonds is 5. The van der Waals surface area contributed by atoms with Crippen LogP contribution in [0, 0.1) is 0 Å². The Hall–Kier alpha value is -1.60. The van der Waals surface area contributed by atoms with Crippen LogP contribution in [0.4, 0.5) is 5.13 Å². The molecule has 1 aliphatic carbocycles. The maximum absolute atomic E-state index is 12.3. The number of anilines is 1. The summed E-state index contributed by atoms with van der Waals surface area (Å²) >= 11 is 2.87. The minimum Gasteiger partial charge on any atom is -0.481 e. The maximum atomic E-state index is 12.3. The summed E-state index contributed by atoms with van der Waals surface area (Å²) in [6.07, 6.45) is 5.86. The molecule has 122 valence electrons. The molecule has 5 nitrogen and oxygen atoms in total. The monoisotopic (exact) mass is 349 g/mol. The van der Waals surface area contributed by atoms with Gasteiger partial charge in [-0.25, -0.2) is 0 Å². The predicted octanol–water partition coefficient (Wildman–Crippen LogP) is 3.54. The second kappa shape index (κ2) is 7.31. The van der Waals surface area contributed by atoms with Crippen molar-refractivity contribution in [3.05, 3.63) is 29.3 Å². The van der Waals surface area contributed by atoms with Gasteiger partial charge in [-0.15, -0.1) is 10.2 Å². The molecule has 0 saturated heterocycles. The fraction of sp³-hybridized carbons (Fsp3) is 0.438. The van der Waals surface area contributed by atoms with E-state index in [0.717, 1.165) is 22.9 Å². The number of fused-ring (bicyclic) bond motifs is 1. The summed E-state index contributed by atoms with van der Waals surface area (Å²) in [6, 6.07) is 6.10. The van der Waals surface area contributed by atoms with E-state index in [1.54, 1.807) is 6.92 Å². The van der Waals surface area contributed by atoms with Crippen molar-refractivity contribution in [3.8, 4) is 5.75 Å². The van der Waals surface area contributed by atoms with Gasteiger partial charge >= 0.3 is 0 Å². The summed E-state index contributed by atoms with van der Waals surface area (Å²) in [5.74, 6) is 0.620. The molecule has 1 aromatic heterocycles. The summed E-state index contributed by atoms with van der Waals surface area (Å²) in [7, 11) is 0. The third-order valence-electron chi connectivity index (χ3n) is 3.84. The van der Waals surface area contributed by atoms with Crippen molar-refractivity contribution in [1.29, 1.82) is 0 Å². The van der Waals surface area contributed by atoms with Crippen molar-refractivity contribution in [2.24, 2.45) is 0 Å². The Morgan fingerprint density at radius 1 is 1.35 bits per heavy atom. The number of amides is 1. The van der Waals surface area contributed by atoms with Crippen molar-refractivity contribution in [3.63, 3.8) is 0 Å². The third-order valence-corrected chi connectivity index (χ3v) is 5.65. The molecule has 1 heterocycles. The normalized spacial score (nSPS) is 14.9. The zero-order valence-corrected chi connectivity index (χ0v) is 14.8. The van der Waals surface area contributed by atoms with Crippen LogP contribution in [0.15, 0.2) is 22.5 Å². The smallest absolute Gasteiger partial charge is 0.266 e. The summed E-state index contributed by atoms with van der Waals surface area (Å²) in [6.45, 7) is 1.76. The molecule has 2 aromatic rings. The van der Waals surface area contributed by atoms with Crippen LogP contribution in [0.1, 0.15) is 30.9 Å². The van der Waals surface area contributed by atoms with Crippen LogP contribution in [-0.4, -0.2) is 28.5 Å². The highest BCUT2D eigenvalue weighted by atomic mass is 32.2. The van der Waals surface area contributed by atoms with E-state index in [1.165, 1.54) is 47.1 Å². The van der Waals surface area contributed by atoms with Gasteiger partial charge in [-0.05, 0) is 56.1 Å². The Labute approximate surface area is 143 Å².